The molecule has 3 N–H and O–H groups in total. The summed E-state index contributed by atoms with van der Waals surface area (Å²) in [7, 11) is 0. The van der Waals surface area contributed by atoms with Crippen molar-refractivity contribution in [2.24, 2.45) is 5.92 Å². The minimum absolute atomic E-state index is 0.0806. The molecule has 1 atom stereocenters. The molecule has 6 nitrogen and oxygen atoms in total. The van der Waals surface area contributed by atoms with Crippen LogP contribution in [-0.2, 0) is 16.0 Å². The maximum Gasteiger partial charge on any atom is 0.335 e. The summed E-state index contributed by atoms with van der Waals surface area (Å²) in [5, 5.41) is 14.5. The van der Waals surface area contributed by atoms with Crippen molar-refractivity contribution in [1.29, 1.82) is 0 Å². The summed E-state index contributed by atoms with van der Waals surface area (Å²) < 4.78 is 0. The van der Waals surface area contributed by atoms with Crippen LogP contribution in [0.5, 0.6) is 0 Å². The lowest BCUT2D eigenvalue weighted by molar-refractivity contribution is -0.127. The fourth-order valence-corrected chi connectivity index (χ4v) is 2.49. The zero-order valence-electron chi connectivity index (χ0n) is 14.7. The van der Waals surface area contributed by atoms with E-state index in [9.17, 15) is 14.4 Å². The van der Waals surface area contributed by atoms with E-state index in [0.29, 0.717) is 5.69 Å². The molecule has 2 aromatic carbocycles. The minimum Gasteiger partial charge on any atom is -0.478 e. The minimum atomic E-state index is -1.07. The lowest BCUT2D eigenvalue weighted by Gasteiger charge is -2.22. The standard InChI is InChI=1S/C20H22N2O4/c1-13(2)18(22-17(23)11-14-7-4-3-5-8-14)19(24)21-16-10-6-9-15(12-16)20(25)26/h3-10,12-13,18H,11H2,1-2H3,(H,21,24)(H,22,23)(H,25,26). The Morgan fingerprint density at radius 3 is 2.31 bits per heavy atom. The molecule has 0 saturated carbocycles. The number of nitrogens with one attached hydrogen (secondary N) is 2. The SMILES string of the molecule is CC(C)C(NC(=O)Cc1ccccc1)C(=O)Nc1cccc(C(=O)O)c1. The van der Waals surface area contributed by atoms with Crippen LogP contribution < -0.4 is 10.6 Å². The van der Waals surface area contributed by atoms with Gasteiger partial charge in [0.15, 0.2) is 0 Å². The maximum atomic E-state index is 12.5. The predicted octanol–water partition coefficient (Wildman–Crippen LogP) is 2.71. The predicted molar refractivity (Wildman–Crippen MR) is 98.9 cm³/mol. The van der Waals surface area contributed by atoms with Crippen LogP contribution in [0.15, 0.2) is 54.6 Å². The largest absolute Gasteiger partial charge is 0.478 e. The molecule has 6 heteroatoms. The molecule has 1 unspecified atom stereocenters. The number of hydrogen-bond acceptors (Lipinski definition) is 3. The summed E-state index contributed by atoms with van der Waals surface area (Å²) in [4.78, 5) is 35.8. The highest BCUT2D eigenvalue weighted by Gasteiger charge is 2.24. The van der Waals surface area contributed by atoms with Crippen LogP contribution in [0.1, 0.15) is 29.8 Å². The Bertz CT molecular complexity index is 787. The second-order valence-electron chi connectivity index (χ2n) is 6.33. The highest BCUT2D eigenvalue weighted by atomic mass is 16.4. The highest BCUT2D eigenvalue weighted by molar-refractivity contribution is 5.98. The smallest absolute Gasteiger partial charge is 0.335 e. The molecule has 26 heavy (non-hydrogen) atoms. The lowest BCUT2D eigenvalue weighted by Crippen LogP contribution is -2.47. The monoisotopic (exact) mass is 354 g/mol. The summed E-state index contributed by atoms with van der Waals surface area (Å²) in [6, 6.07) is 14.5. The van der Waals surface area contributed by atoms with E-state index in [1.54, 1.807) is 12.1 Å². The Labute approximate surface area is 152 Å². The van der Waals surface area contributed by atoms with Gasteiger partial charge in [0.1, 0.15) is 6.04 Å². The topological polar surface area (TPSA) is 95.5 Å². The number of carboxylic acid groups (broad SMARTS) is 1. The van der Waals surface area contributed by atoms with E-state index in [1.807, 2.05) is 44.2 Å². The number of carbonyl (C=O) groups is 3. The van der Waals surface area contributed by atoms with Crippen LogP contribution in [0.3, 0.4) is 0 Å². The molecule has 0 aliphatic carbocycles. The van der Waals surface area contributed by atoms with Crippen molar-refractivity contribution in [2.45, 2.75) is 26.3 Å². The van der Waals surface area contributed by atoms with Gasteiger partial charge in [-0.2, -0.15) is 0 Å². The van der Waals surface area contributed by atoms with Gasteiger partial charge >= 0.3 is 5.97 Å². The number of anilines is 1. The van der Waals surface area contributed by atoms with Crippen molar-refractivity contribution < 1.29 is 19.5 Å². The van der Waals surface area contributed by atoms with Crippen LogP contribution in [0.2, 0.25) is 0 Å². The Balaban J connectivity index is 2.04. The van der Waals surface area contributed by atoms with E-state index >= 15 is 0 Å². The molecule has 0 aliphatic heterocycles. The Morgan fingerprint density at radius 2 is 1.69 bits per heavy atom. The fraction of sp³-hybridized carbons (Fsp3) is 0.250. The molecule has 0 aromatic heterocycles. The summed E-state index contributed by atoms with van der Waals surface area (Å²) in [6.45, 7) is 3.67. The normalized spacial score (nSPS) is 11.7. The van der Waals surface area contributed by atoms with E-state index in [2.05, 4.69) is 10.6 Å². The van der Waals surface area contributed by atoms with Crippen molar-refractivity contribution in [1.82, 2.24) is 5.32 Å². The molecule has 0 radical (unpaired) electrons. The first-order chi connectivity index (χ1) is 12.4. The Kier molecular flexibility index (Phi) is 6.49. The van der Waals surface area contributed by atoms with E-state index in [1.165, 1.54) is 12.1 Å². The lowest BCUT2D eigenvalue weighted by atomic mass is 10.0. The maximum absolute atomic E-state index is 12.5. The molecular weight excluding hydrogens is 332 g/mol. The van der Waals surface area contributed by atoms with Gasteiger partial charge in [-0.05, 0) is 29.7 Å². The third kappa shape index (κ3) is 5.44. The fourth-order valence-electron chi connectivity index (χ4n) is 2.49. The quantitative estimate of drug-likeness (QED) is 0.712. The number of benzene rings is 2. The number of hydrogen-bond donors (Lipinski definition) is 3. The number of aromatic carboxylic acids is 1. The number of carbonyl (C=O) groups excluding carboxylic acids is 2. The van der Waals surface area contributed by atoms with Gasteiger partial charge in [0.05, 0.1) is 12.0 Å². The van der Waals surface area contributed by atoms with Gasteiger partial charge in [-0.3, -0.25) is 9.59 Å². The average molecular weight is 354 g/mol. The van der Waals surface area contributed by atoms with Gasteiger partial charge in [0, 0.05) is 5.69 Å². The molecular formula is C20H22N2O4. The van der Waals surface area contributed by atoms with E-state index in [4.69, 9.17) is 5.11 Å². The first kappa shape index (κ1) is 19.2. The molecule has 0 heterocycles. The van der Waals surface area contributed by atoms with E-state index < -0.39 is 12.0 Å². The Hall–Kier alpha value is -3.15. The van der Waals surface area contributed by atoms with Crippen molar-refractivity contribution in [2.75, 3.05) is 5.32 Å². The Morgan fingerprint density at radius 1 is 1.00 bits per heavy atom. The third-order valence-corrected chi connectivity index (χ3v) is 3.85. The third-order valence-electron chi connectivity index (χ3n) is 3.85. The molecule has 2 rings (SSSR count). The average Bonchev–Trinajstić information content (AvgIpc) is 2.60. The first-order valence-electron chi connectivity index (χ1n) is 8.34. The van der Waals surface area contributed by atoms with Gasteiger partial charge in [-0.1, -0.05) is 50.2 Å². The first-order valence-corrected chi connectivity index (χ1v) is 8.34. The van der Waals surface area contributed by atoms with E-state index in [0.717, 1.165) is 5.56 Å². The molecule has 0 spiro atoms. The van der Waals surface area contributed by atoms with Crippen LogP contribution >= 0.6 is 0 Å². The van der Waals surface area contributed by atoms with Gasteiger partial charge in [-0.25, -0.2) is 4.79 Å². The van der Waals surface area contributed by atoms with Crippen LogP contribution in [0.25, 0.3) is 0 Å². The van der Waals surface area contributed by atoms with Gasteiger partial charge in [0.2, 0.25) is 11.8 Å². The molecule has 2 amide bonds. The molecule has 0 bridgehead atoms. The van der Waals surface area contributed by atoms with Gasteiger partial charge in [0.25, 0.3) is 0 Å². The molecule has 136 valence electrons. The molecule has 0 saturated heterocycles. The van der Waals surface area contributed by atoms with Crippen LogP contribution in [0.4, 0.5) is 5.69 Å². The van der Waals surface area contributed by atoms with Crippen molar-refractivity contribution in [3.05, 3.63) is 65.7 Å². The van der Waals surface area contributed by atoms with Gasteiger partial charge in [-0.15, -0.1) is 0 Å². The number of amides is 2. The molecule has 0 fully saturated rings. The van der Waals surface area contributed by atoms with Crippen molar-refractivity contribution in [3.63, 3.8) is 0 Å². The number of carboxylic acids is 1. The molecule has 0 aliphatic rings. The van der Waals surface area contributed by atoms with E-state index in [-0.39, 0.29) is 29.7 Å². The second kappa shape index (κ2) is 8.80. The second-order valence-corrected chi connectivity index (χ2v) is 6.33. The molecule has 2 aromatic rings. The summed E-state index contributed by atoms with van der Waals surface area (Å²) in [6.07, 6.45) is 0.186. The number of rotatable bonds is 7. The summed E-state index contributed by atoms with van der Waals surface area (Å²) >= 11 is 0. The van der Waals surface area contributed by atoms with Crippen LogP contribution in [0, 0.1) is 5.92 Å². The van der Waals surface area contributed by atoms with Crippen molar-refractivity contribution >= 4 is 23.5 Å². The summed E-state index contributed by atoms with van der Waals surface area (Å²) in [5.74, 6) is -1.83. The highest BCUT2D eigenvalue weighted by Crippen LogP contribution is 2.13. The van der Waals surface area contributed by atoms with Gasteiger partial charge < -0.3 is 15.7 Å². The zero-order valence-corrected chi connectivity index (χ0v) is 14.7. The summed E-state index contributed by atoms with van der Waals surface area (Å²) in [5.41, 5.74) is 1.32. The van der Waals surface area contributed by atoms with Crippen LogP contribution in [-0.4, -0.2) is 28.9 Å². The van der Waals surface area contributed by atoms with Crippen molar-refractivity contribution in [3.8, 4) is 0 Å². The zero-order chi connectivity index (χ0) is 19.1.